The molecule has 2 rings (SSSR count). The topological polar surface area (TPSA) is 60.2 Å². The van der Waals surface area contributed by atoms with E-state index in [9.17, 15) is 4.79 Å². The van der Waals surface area contributed by atoms with Gasteiger partial charge in [-0.3, -0.25) is 4.79 Å². The summed E-state index contributed by atoms with van der Waals surface area (Å²) in [5.41, 5.74) is 1.31. The predicted molar refractivity (Wildman–Crippen MR) is 76.9 cm³/mol. The molecule has 0 spiro atoms. The Morgan fingerprint density at radius 1 is 1.45 bits per heavy atom. The van der Waals surface area contributed by atoms with Gasteiger partial charge in [0.05, 0.1) is 13.0 Å². The Hall–Kier alpha value is -1.82. The molecule has 6 nitrogen and oxygen atoms in total. The normalized spacial score (nSPS) is 10.8. The van der Waals surface area contributed by atoms with E-state index in [4.69, 9.17) is 16.3 Å². The molecule has 0 unspecified atom stereocenters. The van der Waals surface area contributed by atoms with E-state index < -0.39 is 0 Å². The lowest BCUT2D eigenvalue weighted by Gasteiger charge is -2.15. The predicted octanol–water partition coefficient (Wildman–Crippen LogP) is 1.66. The number of ether oxygens (including phenoxy) is 1. The zero-order valence-corrected chi connectivity index (χ0v) is 12.5. The first-order valence-electron chi connectivity index (χ1n) is 6.30. The number of imidazole rings is 1. The van der Waals surface area contributed by atoms with Crippen LogP contribution in [0.1, 0.15) is 12.7 Å². The molecule has 2 aromatic heterocycles. The molecule has 0 saturated carbocycles. The van der Waals surface area contributed by atoms with E-state index in [1.807, 2.05) is 13.0 Å². The fourth-order valence-corrected chi connectivity index (χ4v) is 2.05. The fraction of sp³-hybridized carbons (Fsp3) is 0.462. The van der Waals surface area contributed by atoms with E-state index in [1.165, 1.54) is 0 Å². The summed E-state index contributed by atoms with van der Waals surface area (Å²) in [5, 5.41) is 0. The fourth-order valence-electron chi connectivity index (χ4n) is 1.85. The van der Waals surface area contributed by atoms with Crippen molar-refractivity contribution in [2.75, 3.05) is 20.7 Å². The lowest BCUT2D eigenvalue weighted by molar-refractivity contribution is -0.130. The van der Waals surface area contributed by atoms with Crippen molar-refractivity contribution in [3.8, 4) is 5.88 Å². The Balaban J connectivity index is 2.46. The Bertz CT molecular complexity index is 626. The average Bonchev–Trinajstić information content (AvgIpc) is 2.83. The van der Waals surface area contributed by atoms with Crippen LogP contribution in [0.5, 0.6) is 5.88 Å². The van der Waals surface area contributed by atoms with Gasteiger partial charge in [-0.25, -0.2) is 4.98 Å². The minimum Gasteiger partial charge on any atom is -0.481 e. The van der Waals surface area contributed by atoms with Gasteiger partial charge in [0.1, 0.15) is 17.9 Å². The van der Waals surface area contributed by atoms with Gasteiger partial charge in [-0.05, 0) is 13.0 Å². The largest absolute Gasteiger partial charge is 0.481 e. The number of nitrogens with zero attached hydrogens (tertiary/aromatic N) is 4. The molecule has 1 amide bonds. The smallest absolute Gasteiger partial charge is 0.242 e. The first kappa shape index (κ1) is 14.6. The van der Waals surface area contributed by atoms with Crippen molar-refractivity contribution >= 4 is 28.7 Å². The number of hydrogen-bond acceptors (Lipinski definition) is 4. The number of halogens is 1. The number of fused-ring (bicyclic) bond motifs is 1. The van der Waals surface area contributed by atoms with Crippen LogP contribution in [0, 0.1) is 0 Å². The van der Waals surface area contributed by atoms with E-state index in [-0.39, 0.29) is 18.3 Å². The van der Waals surface area contributed by atoms with Crippen LogP contribution in [0.15, 0.2) is 12.1 Å². The molecule has 0 aromatic carbocycles. The zero-order chi connectivity index (χ0) is 14.7. The second-order valence-corrected chi connectivity index (χ2v) is 4.62. The van der Waals surface area contributed by atoms with Crippen LogP contribution < -0.4 is 4.74 Å². The number of methoxy groups -OCH3 is 1. The second kappa shape index (κ2) is 6.09. The number of carbonyl (C=O) groups excluding carboxylic acids is 1. The third-order valence-electron chi connectivity index (χ3n) is 3.17. The number of carbonyl (C=O) groups is 1. The molecule has 0 aliphatic heterocycles. The number of alkyl halides is 1. The van der Waals surface area contributed by atoms with E-state index in [2.05, 4.69) is 9.97 Å². The number of likely N-dealkylation sites (N-methyl/N-ethyl adjacent to an activating group) is 1. The van der Waals surface area contributed by atoms with Crippen molar-refractivity contribution in [1.82, 2.24) is 19.4 Å². The summed E-state index contributed by atoms with van der Waals surface area (Å²) >= 11 is 5.91. The summed E-state index contributed by atoms with van der Waals surface area (Å²) in [6, 6.07) is 3.54. The molecule has 0 fully saturated rings. The maximum absolute atomic E-state index is 12.1. The molecule has 2 heterocycles. The van der Waals surface area contributed by atoms with Gasteiger partial charge in [0.25, 0.3) is 0 Å². The second-order valence-electron chi connectivity index (χ2n) is 4.35. The molecule has 7 heteroatoms. The van der Waals surface area contributed by atoms with Gasteiger partial charge in [-0.1, -0.05) is 0 Å². The lowest BCUT2D eigenvalue weighted by atomic mass is 10.4. The quantitative estimate of drug-likeness (QED) is 0.787. The summed E-state index contributed by atoms with van der Waals surface area (Å²) < 4.78 is 6.85. The molecule has 2 aromatic rings. The van der Waals surface area contributed by atoms with Crippen molar-refractivity contribution < 1.29 is 9.53 Å². The number of hydrogen-bond donors (Lipinski definition) is 0. The zero-order valence-electron chi connectivity index (χ0n) is 11.8. The van der Waals surface area contributed by atoms with Crippen LogP contribution in [0.25, 0.3) is 11.2 Å². The molecular weight excluding hydrogens is 280 g/mol. The molecule has 0 saturated heterocycles. The number of pyridine rings is 1. The summed E-state index contributed by atoms with van der Waals surface area (Å²) in [4.78, 5) is 22.5. The molecule has 0 bridgehead atoms. The number of aromatic nitrogens is 3. The minimum absolute atomic E-state index is 0.0113. The average molecular weight is 297 g/mol. The van der Waals surface area contributed by atoms with Crippen molar-refractivity contribution in [3.05, 3.63) is 18.0 Å². The van der Waals surface area contributed by atoms with Crippen molar-refractivity contribution in [3.63, 3.8) is 0 Å². The highest BCUT2D eigenvalue weighted by Gasteiger charge is 2.16. The van der Waals surface area contributed by atoms with Gasteiger partial charge in [0.15, 0.2) is 5.65 Å². The van der Waals surface area contributed by atoms with E-state index in [0.29, 0.717) is 29.4 Å². The summed E-state index contributed by atoms with van der Waals surface area (Å²) in [6.07, 6.45) is 0. The lowest BCUT2D eigenvalue weighted by Crippen LogP contribution is -2.30. The van der Waals surface area contributed by atoms with Crippen LogP contribution in [-0.4, -0.2) is 46.0 Å². The summed E-state index contributed by atoms with van der Waals surface area (Å²) in [6.45, 7) is 2.75. The minimum atomic E-state index is -0.0113. The molecule has 0 aliphatic rings. The van der Waals surface area contributed by atoms with Crippen LogP contribution in [0.3, 0.4) is 0 Å². The van der Waals surface area contributed by atoms with Gasteiger partial charge < -0.3 is 14.2 Å². The number of amides is 1. The van der Waals surface area contributed by atoms with Crippen molar-refractivity contribution in [2.45, 2.75) is 19.3 Å². The SMILES string of the molecule is CCN(C)C(=O)Cn1c(CCl)nc2ccc(OC)nc21. The van der Waals surface area contributed by atoms with Crippen LogP contribution in [0.2, 0.25) is 0 Å². The first-order chi connectivity index (χ1) is 9.60. The van der Waals surface area contributed by atoms with Gasteiger partial charge in [0.2, 0.25) is 11.8 Å². The maximum Gasteiger partial charge on any atom is 0.242 e. The van der Waals surface area contributed by atoms with Crippen LogP contribution in [-0.2, 0) is 17.2 Å². The maximum atomic E-state index is 12.1. The van der Waals surface area contributed by atoms with Gasteiger partial charge in [0, 0.05) is 19.7 Å². The summed E-state index contributed by atoms with van der Waals surface area (Å²) in [7, 11) is 3.31. The highest BCUT2D eigenvalue weighted by Crippen LogP contribution is 2.19. The third kappa shape index (κ3) is 2.70. The molecular formula is C13H17ClN4O2. The Morgan fingerprint density at radius 2 is 2.20 bits per heavy atom. The highest BCUT2D eigenvalue weighted by atomic mass is 35.5. The van der Waals surface area contributed by atoms with Crippen LogP contribution >= 0.6 is 11.6 Å². The Morgan fingerprint density at radius 3 is 2.80 bits per heavy atom. The van der Waals surface area contributed by atoms with E-state index in [0.717, 1.165) is 0 Å². The molecule has 0 radical (unpaired) electrons. The standard InChI is InChI=1S/C13H17ClN4O2/c1-4-17(2)12(19)8-18-10(7-14)15-9-5-6-11(20-3)16-13(9)18/h5-6H,4,7-8H2,1-3H3. The van der Waals surface area contributed by atoms with Crippen LogP contribution in [0.4, 0.5) is 0 Å². The highest BCUT2D eigenvalue weighted by molar-refractivity contribution is 6.16. The van der Waals surface area contributed by atoms with Gasteiger partial charge in [-0.2, -0.15) is 4.98 Å². The molecule has 20 heavy (non-hydrogen) atoms. The van der Waals surface area contributed by atoms with Gasteiger partial charge >= 0.3 is 0 Å². The molecule has 0 aliphatic carbocycles. The van der Waals surface area contributed by atoms with Gasteiger partial charge in [-0.15, -0.1) is 11.6 Å². The Kier molecular flexibility index (Phi) is 4.44. The van der Waals surface area contributed by atoms with E-state index in [1.54, 1.807) is 29.7 Å². The molecule has 0 atom stereocenters. The summed E-state index contributed by atoms with van der Waals surface area (Å²) in [5.74, 6) is 1.32. The number of rotatable bonds is 5. The van der Waals surface area contributed by atoms with Crippen molar-refractivity contribution in [2.24, 2.45) is 0 Å². The van der Waals surface area contributed by atoms with E-state index >= 15 is 0 Å². The Labute approximate surface area is 122 Å². The van der Waals surface area contributed by atoms with Crippen molar-refractivity contribution in [1.29, 1.82) is 0 Å². The molecule has 108 valence electrons. The first-order valence-corrected chi connectivity index (χ1v) is 6.84. The monoisotopic (exact) mass is 296 g/mol. The third-order valence-corrected chi connectivity index (χ3v) is 3.41. The molecule has 0 N–H and O–H groups in total.